The molecular formula is C21H23NO5. The van der Waals surface area contributed by atoms with Gasteiger partial charge in [-0.3, -0.25) is 4.79 Å². The molecule has 142 valence electrons. The summed E-state index contributed by atoms with van der Waals surface area (Å²) in [5.41, 5.74) is 2.66. The molecule has 1 N–H and O–H groups in total. The van der Waals surface area contributed by atoms with Gasteiger partial charge in [0.2, 0.25) is 5.91 Å². The Morgan fingerprint density at radius 3 is 2.41 bits per heavy atom. The summed E-state index contributed by atoms with van der Waals surface area (Å²) < 4.78 is 15.4. The fraction of sp³-hybridized carbons (Fsp3) is 0.238. The molecule has 0 aliphatic carbocycles. The summed E-state index contributed by atoms with van der Waals surface area (Å²) in [5.74, 6) is 0.547. The minimum absolute atomic E-state index is 0.281. The van der Waals surface area contributed by atoms with Crippen molar-refractivity contribution in [3.8, 4) is 11.5 Å². The lowest BCUT2D eigenvalue weighted by atomic mass is 10.1. The number of anilines is 1. The molecule has 6 heteroatoms. The second-order valence-corrected chi connectivity index (χ2v) is 5.69. The van der Waals surface area contributed by atoms with Crippen LogP contribution in [0.1, 0.15) is 28.4 Å². The van der Waals surface area contributed by atoms with E-state index in [1.807, 2.05) is 13.0 Å². The molecule has 2 aromatic carbocycles. The zero-order chi connectivity index (χ0) is 19.8. The molecule has 0 saturated heterocycles. The Hall–Kier alpha value is -3.28. The molecular weight excluding hydrogens is 346 g/mol. The van der Waals surface area contributed by atoms with Crippen molar-refractivity contribution in [3.63, 3.8) is 0 Å². The Morgan fingerprint density at radius 1 is 1.04 bits per heavy atom. The van der Waals surface area contributed by atoms with Gasteiger partial charge in [0.25, 0.3) is 0 Å². The minimum Gasteiger partial charge on any atom is -0.493 e. The number of hydrogen-bond donors (Lipinski definition) is 1. The maximum Gasteiger partial charge on any atom is 0.338 e. The lowest BCUT2D eigenvalue weighted by Gasteiger charge is -2.09. The van der Waals surface area contributed by atoms with Crippen LogP contribution in [-0.4, -0.2) is 32.7 Å². The van der Waals surface area contributed by atoms with E-state index in [1.54, 1.807) is 57.6 Å². The first kappa shape index (κ1) is 20.0. The van der Waals surface area contributed by atoms with Crippen molar-refractivity contribution in [1.82, 2.24) is 0 Å². The lowest BCUT2D eigenvalue weighted by molar-refractivity contribution is -0.111. The van der Waals surface area contributed by atoms with E-state index >= 15 is 0 Å². The van der Waals surface area contributed by atoms with E-state index in [0.29, 0.717) is 29.4 Å². The van der Waals surface area contributed by atoms with Gasteiger partial charge in [0.05, 0.1) is 26.4 Å². The first-order valence-electron chi connectivity index (χ1n) is 8.47. The number of nitrogens with one attached hydrogen (secondary N) is 1. The van der Waals surface area contributed by atoms with Gasteiger partial charge in [-0.25, -0.2) is 4.79 Å². The molecule has 0 atom stereocenters. The standard InChI is InChI=1S/C21H23NO5/c1-5-27-21(24)16-8-9-17(14(2)12-16)22-20(23)11-7-15-6-10-18(25-3)19(13-15)26-4/h6-13H,5H2,1-4H3,(H,22,23)/b11-7+. The van der Waals surface area contributed by atoms with Crippen molar-refractivity contribution < 1.29 is 23.8 Å². The number of benzene rings is 2. The van der Waals surface area contributed by atoms with Crippen LogP contribution in [0, 0.1) is 6.92 Å². The predicted octanol–water partition coefficient (Wildman–Crippen LogP) is 3.84. The summed E-state index contributed by atoms with van der Waals surface area (Å²) in [7, 11) is 3.12. The second kappa shape index (κ2) is 9.43. The molecule has 0 aliphatic heterocycles. The number of hydrogen-bond acceptors (Lipinski definition) is 5. The largest absolute Gasteiger partial charge is 0.493 e. The molecule has 2 rings (SSSR count). The summed E-state index contributed by atoms with van der Waals surface area (Å²) in [5, 5.41) is 2.80. The average molecular weight is 369 g/mol. The first-order valence-corrected chi connectivity index (χ1v) is 8.47. The quantitative estimate of drug-likeness (QED) is 0.593. The van der Waals surface area contributed by atoms with Crippen LogP contribution in [0.25, 0.3) is 6.08 Å². The van der Waals surface area contributed by atoms with E-state index in [1.165, 1.54) is 6.08 Å². The van der Waals surface area contributed by atoms with Gasteiger partial charge in [-0.15, -0.1) is 0 Å². The van der Waals surface area contributed by atoms with Crippen molar-refractivity contribution in [3.05, 3.63) is 59.2 Å². The summed E-state index contributed by atoms with van der Waals surface area (Å²) in [6, 6.07) is 10.4. The van der Waals surface area contributed by atoms with Gasteiger partial charge < -0.3 is 19.5 Å². The van der Waals surface area contributed by atoms with E-state index < -0.39 is 0 Å². The average Bonchev–Trinajstić information content (AvgIpc) is 2.67. The third-order valence-corrected chi connectivity index (χ3v) is 3.83. The summed E-state index contributed by atoms with van der Waals surface area (Å²) in [6.07, 6.45) is 3.11. The lowest BCUT2D eigenvalue weighted by Crippen LogP contribution is -2.10. The summed E-state index contributed by atoms with van der Waals surface area (Å²) >= 11 is 0. The molecule has 2 aromatic rings. The molecule has 27 heavy (non-hydrogen) atoms. The van der Waals surface area contributed by atoms with E-state index in [4.69, 9.17) is 14.2 Å². The van der Waals surface area contributed by atoms with Crippen molar-refractivity contribution in [2.75, 3.05) is 26.1 Å². The van der Waals surface area contributed by atoms with E-state index in [0.717, 1.165) is 11.1 Å². The Bertz CT molecular complexity index is 858. The van der Waals surface area contributed by atoms with Gasteiger partial charge >= 0.3 is 5.97 Å². The third kappa shape index (κ3) is 5.34. The first-order chi connectivity index (χ1) is 13.0. The maximum absolute atomic E-state index is 12.2. The highest BCUT2D eigenvalue weighted by atomic mass is 16.5. The normalized spacial score (nSPS) is 10.5. The van der Waals surface area contributed by atoms with Crippen LogP contribution in [0.3, 0.4) is 0 Å². The number of ether oxygens (including phenoxy) is 3. The molecule has 0 spiro atoms. The van der Waals surface area contributed by atoms with Crippen LogP contribution in [0.4, 0.5) is 5.69 Å². The van der Waals surface area contributed by atoms with E-state index in [9.17, 15) is 9.59 Å². The zero-order valence-electron chi connectivity index (χ0n) is 15.9. The fourth-order valence-corrected chi connectivity index (χ4v) is 2.45. The fourth-order valence-electron chi connectivity index (χ4n) is 2.45. The Morgan fingerprint density at radius 2 is 1.78 bits per heavy atom. The molecule has 0 heterocycles. The van der Waals surface area contributed by atoms with E-state index in [-0.39, 0.29) is 11.9 Å². The van der Waals surface area contributed by atoms with Gasteiger partial charge in [0.1, 0.15) is 0 Å². The maximum atomic E-state index is 12.2. The van der Waals surface area contributed by atoms with Crippen LogP contribution in [-0.2, 0) is 9.53 Å². The van der Waals surface area contributed by atoms with Gasteiger partial charge in [0.15, 0.2) is 11.5 Å². The van der Waals surface area contributed by atoms with Crippen LogP contribution in [0.2, 0.25) is 0 Å². The van der Waals surface area contributed by atoms with Crippen molar-refractivity contribution >= 4 is 23.6 Å². The number of rotatable bonds is 7. The molecule has 0 saturated carbocycles. The van der Waals surface area contributed by atoms with Gasteiger partial charge in [0, 0.05) is 11.8 Å². The molecule has 0 aromatic heterocycles. The van der Waals surface area contributed by atoms with Crippen LogP contribution in [0.15, 0.2) is 42.5 Å². The highest BCUT2D eigenvalue weighted by Gasteiger charge is 2.09. The Labute approximate surface area is 158 Å². The Kier molecular flexibility index (Phi) is 7.00. The van der Waals surface area contributed by atoms with Crippen molar-refractivity contribution in [2.45, 2.75) is 13.8 Å². The molecule has 0 unspecified atom stereocenters. The molecule has 0 bridgehead atoms. The van der Waals surface area contributed by atoms with Gasteiger partial charge in [-0.05, 0) is 61.4 Å². The number of amides is 1. The van der Waals surface area contributed by atoms with Gasteiger partial charge in [-0.1, -0.05) is 6.07 Å². The molecule has 6 nitrogen and oxygen atoms in total. The predicted molar refractivity (Wildman–Crippen MR) is 104 cm³/mol. The minimum atomic E-state index is -0.383. The topological polar surface area (TPSA) is 73.9 Å². The summed E-state index contributed by atoms with van der Waals surface area (Å²) in [6.45, 7) is 3.89. The monoisotopic (exact) mass is 369 g/mol. The van der Waals surface area contributed by atoms with Crippen LogP contribution in [0.5, 0.6) is 11.5 Å². The Balaban J connectivity index is 2.07. The van der Waals surface area contributed by atoms with E-state index in [2.05, 4.69) is 5.32 Å². The third-order valence-electron chi connectivity index (χ3n) is 3.83. The molecule has 1 amide bonds. The number of esters is 1. The van der Waals surface area contributed by atoms with Crippen LogP contribution >= 0.6 is 0 Å². The highest BCUT2D eigenvalue weighted by molar-refractivity contribution is 6.02. The molecule has 0 radical (unpaired) electrons. The molecule has 0 fully saturated rings. The number of carbonyl (C=O) groups excluding carboxylic acids is 2. The second-order valence-electron chi connectivity index (χ2n) is 5.69. The highest BCUT2D eigenvalue weighted by Crippen LogP contribution is 2.28. The van der Waals surface area contributed by atoms with Crippen molar-refractivity contribution in [2.24, 2.45) is 0 Å². The van der Waals surface area contributed by atoms with Crippen LogP contribution < -0.4 is 14.8 Å². The SMILES string of the molecule is CCOC(=O)c1ccc(NC(=O)/C=C/c2ccc(OC)c(OC)c2)c(C)c1. The number of methoxy groups -OCH3 is 2. The van der Waals surface area contributed by atoms with Gasteiger partial charge in [-0.2, -0.15) is 0 Å². The summed E-state index contributed by atoms with van der Waals surface area (Å²) in [4.78, 5) is 23.9. The zero-order valence-corrected chi connectivity index (χ0v) is 15.9. The molecule has 0 aliphatic rings. The van der Waals surface area contributed by atoms with Crippen molar-refractivity contribution in [1.29, 1.82) is 0 Å². The smallest absolute Gasteiger partial charge is 0.338 e. The number of carbonyl (C=O) groups is 2. The number of aryl methyl sites for hydroxylation is 1.